The number of esters is 2. The summed E-state index contributed by atoms with van der Waals surface area (Å²) in [5.74, 6) is -10.1. The maximum atomic E-state index is 14.5. The molecule has 24 nitrogen and oxygen atoms in total. The first-order chi connectivity index (χ1) is 31.8. The summed E-state index contributed by atoms with van der Waals surface area (Å²) >= 11 is 0. The normalized spacial score (nSPS) is 15.3. The van der Waals surface area contributed by atoms with E-state index in [-0.39, 0.29) is 51.9 Å². The number of hydrogen-bond acceptors (Lipinski definition) is 16. The Morgan fingerprint density at radius 1 is 0.500 bits per heavy atom. The molecule has 0 fully saturated rings. The van der Waals surface area contributed by atoms with E-state index in [4.69, 9.17) is 20.9 Å². The molecule has 0 bridgehead atoms. The Hall–Kier alpha value is -6.56. The van der Waals surface area contributed by atoms with Crippen molar-refractivity contribution in [2.75, 3.05) is 39.3 Å². The molecule has 0 aliphatic carbocycles. The van der Waals surface area contributed by atoms with Crippen LogP contribution in [0.5, 0.6) is 0 Å². The van der Waals surface area contributed by atoms with Crippen LogP contribution in [0.25, 0.3) is 0 Å². The Bertz CT molecular complexity index is 1770. The fourth-order valence-corrected chi connectivity index (χ4v) is 6.47. The van der Waals surface area contributed by atoms with Crippen molar-refractivity contribution in [1.82, 2.24) is 41.7 Å². The number of rotatable bonds is 29. The van der Waals surface area contributed by atoms with Crippen LogP contribution in [0.2, 0.25) is 0 Å². The van der Waals surface area contributed by atoms with Gasteiger partial charge in [0.15, 0.2) is 0 Å². The summed E-state index contributed by atoms with van der Waals surface area (Å²) < 4.78 is 10.6. The Labute approximate surface area is 395 Å². The molecule has 0 radical (unpaired) electrons. The van der Waals surface area contributed by atoms with Crippen molar-refractivity contribution >= 4 is 71.0 Å². The molecule has 0 aromatic rings. The maximum Gasteiger partial charge on any atom is 0.308 e. The second-order valence-electron chi connectivity index (χ2n) is 17.9. The van der Waals surface area contributed by atoms with E-state index in [0.29, 0.717) is 25.7 Å². The van der Waals surface area contributed by atoms with E-state index in [0.717, 1.165) is 34.1 Å². The van der Waals surface area contributed by atoms with Gasteiger partial charge in [-0.3, -0.25) is 67.3 Å². The molecule has 10 amide bonds. The van der Waals surface area contributed by atoms with Crippen LogP contribution < -0.4 is 43.4 Å². The number of hydrogen-bond donors (Lipinski definition) is 8. The van der Waals surface area contributed by atoms with E-state index < -0.39 is 132 Å². The predicted octanol–water partition coefficient (Wildman–Crippen LogP) is -2.49. The number of carbonyl (C=O) groups is 12. The van der Waals surface area contributed by atoms with Crippen molar-refractivity contribution in [3.05, 3.63) is 24.3 Å². The van der Waals surface area contributed by atoms with Gasteiger partial charge in [-0.25, -0.2) is 0 Å². The number of nitrogens with zero attached hydrogens (tertiary/aromatic N) is 2. The topological polar surface area (TPSA) is 354 Å². The van der Waals surface area contributed by atoms with Gasteiger partial charge < -0.3 is 52.8 Å². The first-order valence-electron chi connectivity index (χ1n) is 22.5. The average Bonchev–Trinajstić information content (AvgIpc) is 3.74. The summed E-state index contributed by atoms with van der Waals surface area (Å²) in [7, 11) is 0. The van der Waals surface area contributed by atoms with Gasteiger partial charge >= 0.3 is 11.9 Å². The van der Waals surface area contributed by atoms with Crippen LogP contribution in [0.15, 0.2) is 24.3 Å². The van der Waals surface area contributed by atoms with Crippen molar-refractivity contribution in [3.8, 4) is 0 Å². The molecule has 24 heteroatoms. The highest BCUT2D eigenvalue weighted by Crippen LogP contribution is 2.12. The fourth-order valence-electron chi connectivity index (χ4n) is 6.47. The van der Waals surface area contributed by atoms with Crippen LogP contribution in [0.1, 0.15) is 106 Å². The van der Waals surface area contributed by atoms with Gasteiger partial charge in [-0.2, -0.15) is 0 Å². The standard InChI is InChI=1S/C44H68N10O14/c1-43(2,3)67-35(61)17-23-47-39(63)27(11-7-9-21-45)49-41(65)37(51-29(55)19-25-53-31(57)13-14-32(53)58)38(52-30(56)20-26-54-33(59)15-16-34(54)60)42(66)50-28(12-8-10-22-46)40(64)48-24-18-36(62)68-44(4,5)6/h13-16,27-28,37-38H,7-12,17-26,45-46H2,1-6H3,(H,47,63)(H,48,64)(H,49,65)(H,50,66)(H,51,55)(H,52,56)/t27-,28-,37?,38?/m0/s1. The fraction of sp³-hybridized carbons (Fsp3) is 0.636. The molecule has 2 aliphatic rings. The first kappa shape index (κ1) is 57.6. The van der Waals surface area contributed by atoms with E-state index in [2.05, 4.69) is 31.9 Å². The van der Waals surface area contributed by atoms with Crippen LogP contribution in [0.4, 0.5) is 0 Å². The smallest absolute Gasteiger partial charge is 0.308 e. The van der Waals surface area contributed by atoms with Crippen LogP contribution >= 0.6 is 0 Å². The number of carbonyl (C=O) groups excluding carboxylic acids is 12. The lowest BCUT2D eigenvalue weighted by Crippen LogP contribution is -2.66. The van der Waals surface area contributed by atoms with Crippen molar-refractivity contribution in [2.45, 2.75) is 141 Å². The molecule has 68 heavy (non-hydrogen) atoms. The van der Waals surface area contributed by atoms with Gasteiger partial charge in [-0.1, -0.05) is 0 Å². The minimum absolute atomic E-state index is 0.0319. The molecule has 10 N–H and O–H groups in total. The predicted molar refractivity (Wildman–Crippen MR) is 241 cm³/mol. The van der Waals surface area contributed by atoms with Crippen LogP contribution in [-0.2, 0) is 67.0 Å². The first-order valence-corrected chi connectivity index (χ1v) is 22.5. The van der Waals surface area contributed by atoms with Gasteiger partial charge in [-0.15, -0.1) is 0 Å². The summed E-state index contributed by atoms with van der Waals surface area (Å²) in [5.41, 5.74) is 9.78. The quantitative estimate of drug-likeness (QED) is 0.0218. The zero-order chi connectivity index (χ0) is 51.2. The van der Waals surface area contributed by atoms with Crippen molar-refractivity contribution in [2.24, 2.45) is 11.5 Å². The number of imide groups is 2. The third kappa shape index (κ3) is 21.4. The summed E-state index contributed by atoms with van der Waals surface area (Å²) in [6.45, 7) is 9.10. The third-order valence-corrected chi connectivity index (χ3v) is 9.71. The molecule has 4 atom stereocenters. The lowest BCUT2D eigenvalue weighted by Gasteiger charge is -2.30. The molecule has 378 valence electrons. The molecule has 0 saturated heterocycles. The van der Waals surface area contributed by atoms with Crippen molar-refractivity contribution in [1.29, 1.82) is 0 Å². The number of ether oxygens (including phenoxy) is 2. The van der Waals surface area contributed by atoms with E-state index in [9.17, 15) is 57.5 Å². The van der Waals surface area contributed by atoms with Crippen molar-refractivity contribution in [3.63, 3.8) is 0 Å². The molecule has 0 aromatic carbocycles. The van der Waals surface area contributed by atoms with Gasteiger partial charge in [0.1, 0.15) is 35.4 Å². The number of nitrogens with two attached hydrogens (primary N) is 2. The van der Waals surface area contributed by atoms with Gasteiger partial charge in [0.25, 0.3) is 23.6 Å². The Kier molecular flexibility index (Phi) is 23.6. The zero-order valence-corrected chi connectivity index (χ0v) is 39.7. The second kappa shape index (κ2) is 27.9. The summed E-state index contributed by atoms with van der Waals surface area (Å²) in [5, 5.41) is 14.9. The highest BCUT2D eigenvalue weighted by Gasteiger charge is 2.40. The minimum atomic E-state index is -2.10. The van der Waals surface area contributed by atoms with Gasteiger partial charge in [0.2, 0.25) is 35.4 Å². The van der Waals surface area contributed by atoms with E-state index in [1.807, 2.05) is 0 Å². The molecule has 2 unspecified atom stereocenters. The van der Waals surface area contributed by atoms with E-state index in [1.165, 1.54) is 0 Å². The molecule has 0 aromatic heterocycles. The number of nitrogens with one attached hydrogen (secondary N) is 6. The van der Waals surface area contributed by atoms with Crippen LogP contribution in [0.3, 0.4) is 0 Å². The van der Waals surface area contributed by atoms with Gasteiger partial charge in [-0.05, 0) is 93.2 Å². The lowest BCUT2D eigenvalue weighted by atomic mass is 10.0. The SMILES string of the molecule is CC(C)(C)OC(=O)CCNC(=O)[C@H](CCCCN)NC(=O)C(NC(=O)CCN1C(=O)C=CC1=O)C(NC(=O)CCN1C(=O)C=CC1=O)C(=O)N[C@@H](CCCCN)C(=O)NCCC(=O)OC(C)(C)C. The zero-order valence-electron chi connectivity index (χ0n) is 39.7. The van der Waals surface area contributed by atoms with Crippen LogP contribution in [0, 0.1) is 0 Å². The van der Waals surface area contributed by atoms with E-state index >= 15 is 0 Å². The van der Waals surface area contributed by atoms with E-state index in [1.54, 1.807) is 41.5 Å². The minimum Gasteiger partial charge on any atom is -0.460 e. The molecular weight excluding hydrogens is 893 g/mol. The molecule has 0 spiro atoms. The lowest BCUT2D eigenvalue weighted by molar-refractivity contribution is -0.156. The molecule has 2 rings (SSSR count). The molecule has 2 heterocycles. The Balaban J connectivity index is 2.58. The molecule has 0 saturated carbocycles. The van der Waals surface area contributed by atoms with Gasteiger partial charge in [0, 0.05) is 63.3 Å². The number of amides is 10. The largest absolute Gasteiger partial charge is 0.460 e. The highest BCUT2D eigenvalue weighted by atomic mass is 16.6. The van der Waals surface area contributed by atoms with Gasteiger partial charge in [0.05, 0.1) is 12.8 Å². The van der Waals surface area contributed by atoms with Crippen molar-refractivity contribution < 1.29 is 67.0 Å². The third-order valence-electron chi connectivity index (χ3n) is 9.71. The summed E-state index contributed by atoms with van der Waals surface area (Å²) in [6.07, 6.45) is 3.63. The highest BCUT2D eigenvalue weighted by molar-refractivity contribution is 6.13. The Morgan fingerprint density at radius 2 is 0.824 bits per heavy atom. The monoisotopic (exact) mass is 960 g/mol. The summed E-state index contributed by atoms with van der Waals surface area (Å²) in [6, 6.07) is -6.95. The molecule has 2 aliphatic heterocycles. The number of unbranched alkanes of at least 4 members (excludes halogenated alkanes) is 2. The summed E-state index contributed by atoms with van der Waals surface area (Å²) in [4.78, 5) is 159. The second-order valence-corrected chi connectivity index (χ2v) is 17.9. The average molecular weight is 961 g/mol. The Morgan fingerprint density at radius 3 is 1.12 bits per heavy atom. The maximum absolute atomic E-state index is 14.5. The molecular formula is C44H68N10O14. The van der Waals surface area contributed by atoms with Crippen LogP contribution in [-0.4, -0.2) is 155 Å².